The topological polar surface area (TPSA) is 23.6 Å². The Labute approximate surface area is 111 Å². The summed E-state index contributed by atoms with van der Waals surface area (Å²) in [7, 11) is 4.10. The summed E-state index contributed by atoms with van der Waals surface area (Å²) >= 11 is 3.49. The summed E-state index contributed by atoms with van der Waals surface area (Å²) in [6.07, 6.45) is 0. The van der Waals surface area contributed by atoms with Crippen LogP contribution in [0.1, 0.15) is 15.9 Å². The van der Waals surface area contributed by atoms with Gasteiger partial charge in [0.05, 0.1) is 5.56 Å². The van der Waals surface area contributed by atoms with Crippen LogP contribution < -0.4 is 0 Å². The van der Waals surface area contributed by atoms with E-state index >= 15 is 0 Å². The summed E-state index contributed by atoms with van der Waals surface area (Å²) in [5.41, 5.74) is 1.86. The average molecular weight is 297 g/mol. The molecular formula is C13H17BrN2O. The Kier molecular flexibility index (Phi) is 3.54. The van der Waals surface area contributed by atoms with Crippen molar-refractivity contribution in [1.29, 1.82) is 0 Å². The van der Waals surface area contributed by atoms with E-state index in [9.17, 15) is 4.79 Å². The normalized spacial score (nSPS) is 16.2. The number of carbonyl (C=O) groups is 1. The highest BCUT2D eigenvalue weighted by Gasteiger charge is 2.33. The second-order valence-corrected chi connectivity index (χ2v) is 5.56. The second kappa shape index (κ2) is 4.78. The summed E-state index contributed by atoms with van der Waals surface area (Å²) in [5.74, 6) is 0.124. The molecule has 0 bridgehead atoms. The number of aryl methyl sites for hydroxylation is 1. The molecule has 0 spiro atoms. The first kappa shape index (κ1) is 12.6. The Morgan fingerprint density at radius 1 is 1.41 bits per heavy atom. The van der Waals surface area contributed by atoms with E-state index in [2.05, 4.69) is 34.9 Å². The number of carbonyl (C=O) groups excluding carboxylic acids is 1. The van der Waals surface area contributed by atoms with E-state index in [1.54, 1.807) is 0 Å². The van der Waals surface area contributed by atoms with Crippen LogP contribution in [0, 0.1) is 6.92 Å². The van der Waals surface area contributed by atoms with Crippen molar-refractivity contribution < 1.29 is 4.79 Å². The van der Waals surface area contributed by atoms with Crippen LogP contribution in [0.5, 0.6) is 0 Å². The smallest absolute Gasteiger partial charge is 0.255 e. The van der Waals surface area contributed by atoms with Crippen molar-refractivity contribution in [2.75, 3.05) is 27.2 Å². The molecule has 1 aromatic carbocycles. The largest absolute Gasteiger partial charge is 0.335 e. The first-order valence-electron chi connectivity index (χ1n) is 5.71. The molecule has 1 aliphatic heterocycles. The van der Waals surface area contributed by atoms with Crippen molar-refractivity contribution in [3.63, 3.8) is 0 Å². The van der Waals surface area contributed by atoms with E-state index < -0.39 is 0 Å². The molecule has 17 heavy (non-hydrogen) atoms. The van der Waals surface area contributed by atoms with Crippen LogP contribution in [0.3, 0.4) is 0 Å². The Morgan fingerprint density at radius 2 is 2.06 bits per heavy atom. The van der Waals surface area contributed by atoms with Gasteiger partial charge in [-0.3, -0.25) is 4.79 Å². The molecule has 0 atom stereocenters. The number of hydrogen-bond donors (Lipinski definition) is 0. The van der Waals surface area contributed by atoms with Crippen LogP contribution in [0.25, 0.3) is 0 Å². The lowest BCUT2D eigenvalue weighted by molar-refractivity contribution is 0.0398. The van der Waals surface area contributed by atoms with E-state index in [1.807, 2.05) is 30.0 Å². The molecule has 0 saturated carbocycles. The van der Waals surface area contributed by atoms with E-state index in [0.717, 1.165) is 28.7 Å². The van der Waals surface area contributed by atoms with Gasteiger partial charge in [0.1, 0.15) is 0 Å². The fourth-order valence-corrected chi connectivity index (χ4v) is 2.36. The molecule has 1 aliphatic rings. The third kappa shape index (κ3) is 2.38. The van der Waals surface area contributed by atoms with Crippen molar-refractivity contribution in [3.8, 4) is 0 Å². The standard InChI is InChI=1S/C13H17BrN2O/c1-9-5-4-6-11(12(9)14)13(17)16-7-10(8-16)15(2)3/h4-6,10H,7-8H2,1-3H3. The molecule has 4 heteroatoms. The maximum Gasteiger partial charge on any atom is 0.255 e. The van der Waals surface area contributed by atoms with E-state index in [0.29, 0.717) is 6.04 Å². The molecule has 1 aromatic rings. The summed E-state index contributed by atoms with van der Waals surface area (Å²) < 4.78 is 0.915. The zero-order valence-electron chi connectivity index (χ0n) is 10.4. The third-order valence-corrected chi connectivity index (χ3v) is 4.35. The van der Waals surface area contributed by atoms with Gasteiger partial charge >= 0.3 is 0 Å². The lowest BCUT2D eigenvalue weighted by atomic mass is 10.0. The van der Waals surface area contributed by atoms with Gasteiger partial charge in [0.15, 0.2) is 0 Å². The lowest BCUT2D eigenvalue weighted by Gasteiger charge is -2.42. The molecule has 0 unspecified atom stereocenters. The van der Waals surface area contributed by atoms with Crippen LogP contribution in [0.4, 0.5) is 0 Å². The number of likely N-dealkylation sites (tertiary alicyclic amines) is 1. The van der Waals surface area contributed by atoms with E-state index in [1.165, 1.54) is 0 Å². The predicted octanol–water partition coefficient (Wildman–Crippen LogP) is 2.14. The Balaban J connectivity index is 2.09. The average Bonchev–Trinajstić information content (AvgIpc) is 2.19. The van der Waals surface area contributed by atoms with E-state index in [4.69, 9.17) is 0 Å². The summed E-state index contributed by atoms with van der Waals surface area (Å²) in [6, 6.07) is 6.31. The lowest BCUT2D eigenvalue weighted by Crippen LogP contribution is -2.59. The highest BCUT2D eigenvalue weighted by Crippen LogP contribution is 2.24. The number of benzene rings is 1. The molecule has 0 aromatic heterocycles. The number of likely N-dealkylation sites (N-methyl/N-ethyl adjacent to an activating group) is 1. The first-order valence-corrected chi connectivity index (χ1v) is 6.51. The van der Waals surface area contributed by atoms with Gasteiger partial charge in [-0.05, 0) is 48.6 Å². The Bertz CT molecular complexity index is 439. The number of nitrogens with zero attached hydrogens (tertiary/aromatic N) is 2. The zero-order valence-corrected chi connectivity index (χ0v) is 12.0. The molecule has 1 heterocycles. The highest BCUT2D eigenvalue weighted by atomic mass is 79.9. The highest BCUT2D eigenvalue weighted by molar-refractivity contribution is 9.10. The molecule has 1 saturated heterocycles. The van der Waals surface area contributed by atoms with Gasteiger partial charge in [-0.1, -0.05) is 12.1 Å². The zero-order chi connectivity index (χ0) is 12.6. The molecule has 1 fully saturated rings. The summed E-state index contributed by atoms with van der Waals surface area (Å²) in [6.45, 7) is 3.65. The summed E-state index contributed by atoms with van der Waals surface area (Å²) in [5, 5.41) is 0. The molecule has 1 amide bonds. The first-order chi connectivity index (χ1) is 8.00. The maximum atomic E-state index is 12.2. The number of hydrogen-bond acceptors (Lipinski definition) is 2. The maximum absolute atomic E-state index is 12.2. The predicted molar refractivity (Wildman–Crippen MR) is 72.3 cm³/mol. The number of amides is 1. The Morgan fingerprint density at radius 3 is 2.65 bits per heavy atom. The van der Waals surface area contributed by atoms with Crippen LogP contribution >= 0.6 is 15.9 Å². The van der Waals surface area contributed by atoms with Crippen LogP contribution in [0.15, 0.2) is 22.7 Å². The fourth-order valence-electron chi connectivity index (χ4n) is 1.93. The molecule has 0 N–H and O–H groups in total. The molecular weight excluding hydrogens is 280 g/mol. The minimum absolute atomic E-state index is 0.124. The molecule has 3 nitrogen and oxygen atoms in total. The van der Waals surface area contributed by atoms with Gasteiger partial charge in [0, 0.05) is 23.6 Å². The van der Waals surface area contributed by atoms with Crippen LogP contribution in [-0.4, -0.2) is 48.9 Å². The van der Waals surface area contributed by atoms with E-state index in [-0.39, 0.29) is 5.91 Å². The van der Waals surface area contributed by atoms with Crippen LogP contribution in [-0.2, 0) is 0 Å². The second-order valence-electron chi connectivity index (χ2n) is 4.76. The van der Waals surface area contributed by atoms with Crippen LogP contribution in [0.2, 0.25) is 0 Å². The molecule has 0 radical (unpaired) electrons. The number of rotatable bonds is 2. The van der Waals surface area contributed by atoms with Gasteiger partial charge in [-0.2, -0.15) is 0 Å². The quantitative estimate of drug-likeness (QED) is 0.835. The minimum Gasteiger partial charge on any atom is -0.335 e. The van der Waals surface area contributed by atoms with Crippen molar-refractivity contribution in [2.45, 2.75) is 13.0 Å². The van der Waals surface area contributed by atoms with Gasteiger partial charge in [-0.15, -0.1) is 0 Å². The SMILES string of the molecule is Cc1cccc(C(=O)N2CC(N(C)C)C2)c1Br. The van der Waals surface area contributed by atoms with Crippen molar-refractivity contribution in [2.24, 2.45) is 0 Å². The monoisotopic (exact) mass is 296 g/mol. The third-order valence-electron chi connectivity index (χ3n) is 3.30. The Hall–Kier alpha value is -0.870. The van der Waals surface area contributed by atoms with Gasteiger partial charge in [0.2, 0.25) is 0 Å². The van der Waals surface area contributed by atoms with Crippen molar-refractivity contribution >= 4 is 21.8 Å². The van der Waals surface area contributed by atoms with Crippen molar-refractivity contribution in [3.05, 3.63) is 33.8 Å². The minimum atomic E-state index is 0.124. The molecule has 2 rings (SSSR count). The summed E-state index contributed by atoms with van der Waals surface area (Å²) in [4.78, 5) is 16.3. The fraction of sp³-hybridized carbons (Fsp3) is 0.462. The molecule has 92 valence electrons. The van der Waals surface area contributed by atoms with Gasteiger partial charge in [-0.25, -0.2) is 0 Å². The van der Waals surface area contributed by atoms with Crippen molar-refractivity contribution in [1.82, 2.24) is 9.80 Å². The van der Waals surface area contributed by atoms with Gasteiger partial charge in [0.25, 0.3) is 5.91 Å². The molecule has 0 aliphatic carbocycles. The number of halogens is 1. The van der Waals surface area contributed by atoms with Gasteiger partial charge < -0.3 is 9.80 Å².